The van der Waals surface area contributed by atoms with E-state index in [-0.39, 0.29) is 18.0 Å². The molecule has 3 rings (SSSR count). The third kappa shape index (κ3) is 4.82. The van der Waals surface area contributed by atoms with Gasteiger partial charge in [-0.15, -0.1) is 0 Å². The molecule has 0 aliphatic heterocycles. The molecule has 0 unspecified atom stereocenters. The molecule has 1 heterocycles. The van der Waals surface area contributed by atoms with Gasteiger partial charge in [0.2, 0.25) is 0 Å². The Labute approximate surface area is 146 Å². The normalized spacial score (nSPS) is 20.0. The van der Waals surface area contributed by atoms with Gasteiger partial charge in [-0.1, -0.05) is 30.3 Å². The molecule has 0 radical (unpaired) electrons. The number of carbonyl (C=O) groups is 2. The maximum atomic E-state index is 12.1. The van der Waals surface area contributed by atoms with Crippen LogP contribution in [-0.4, -0.2) is 32.9 Å². The summed E-state index contributed by atoms with van der Waals surface area (Å²) in [4.78, 5) is 23.0. The topological polar surface area (TPSA) is 96.3 Å². The van der Waals surface area contributed by atoms with E-state index in [0.29, 0.717) is 37.9 Å². The zero-order valence-electron chi connectivity index (χ0n) is 13.9. The fourth-order valence-electron chi connectivity index (χ4n) is 3.12. The SMILES string of the molecule is O=C(Nc1cnn(Cc2ccccc2)c1)NC1CCC(C(=O)O)CC1. The molecule has 1 aliphatic carbocycles. The molecule has 132 valence electrons. The second-order valence-corrected chi connectivity index (χ2v) is 6.40. The van der Waals surface area contributed by atoms with Crippen molar-refractivity contribution in [3.05, 3.63) is 48.3 Å². The lowest BCUT2D eigenvalue weighted by molar-refractivity contribution is -0.142. The molecule has 1 aliphatic rings. The van der Waals surface area contributed by atoms with Crippen LogP contribution in [0.2, 0.25) is 0 Å². The maximum absolute atomic E-state index is 12.1. The summed E-state index contributed by atoms with van der Waals surface area (Å²) in [5.41, 5.74) is 1.77. The Morgan fingerprint density at radius 1 is 1.16 bits per heavy atom. The number of amides is 2. The van der Waals surface area contributed by atoms with E-state index in [1.807, 2.05) is 30.3 Å². The highest BCUT2D eigenvalue weighted by Crippen LogP contribution is 2.24. The van der Waals surface area contributed by atoms with Crippen LogP contribution in [0, 0.1) is 5.92 Å². The number of aliphatic carboxylic acids is 1. The zero-order valence-corrected chi connectivity index (χ0v) is 13.9. The number of urea groups is 1. The average molecular weight is 342 g/mol. The van der Waals surface area contributed by atoms with Crippen LogP contribution in [0.5, 0.6) is 0 Å². The number of hydrogen-bond acceptors (Lipinski definition) is 3. The minimum Gasteiger partial charge on any atom is -0.481 e. The van der Waals surface area contributed by atoms with Gasteiger partial charge >= 0.3 is 12.0 Å². The highest BCUT2D eigenvalue weighted by Gasteiger charge is 2.26. The second-order valence-electron chi connectivity index (χ2n) is 6.40. The van der Waals surface area contributed by atoms with Crippen molar-refractivity contribution in [2.75, 3.05) is 5.32 Å². The summed E-state index contributed by atoms with van der Waals surface area (Å²) in [6.45, 7) is 0.642. The fourth-order valence-corrected chi connectivity index (χ4v) is 3.12. The van der Waals surface area contributed by atoms with Gasteiger partial charge in [-0.05, 0) is 31.2 Å². The summed E-state index contributed by atoms with van der Waals surface area (Å²) >= 11 is 0. The summed E-state index contributed by atoms with van der Waals surface area (Å²) in [7, 11) is 0. The number of hydrogen-bond donors (Lipinski definition) is 3. The number of aromatic nitrogens is 2. The largest absolute Gasteiger partial charge is 0.481 e. The molecule has 2 amide bonds. The Hall–Kier alpha value is -2.83. The number of rotatable bonds is 5. The van der Waals surface area contributed by atoms with Gasteiger partial charge < -0.3 is 15.7 Å². The predicted molar refractivity (Wildman–Crippen MR) is 93.3 cm³/mol. The van der Waals surface area contributed by atoms with Gasteiger partial charge in [-0.25, -0.2) is 4.79 Å². The predicted octanol–water partition coefficient (Wildman–Crippen LogP) is 2.70. The number of nitrogens with zero attached hydrogens (tertiary/aromatic N) is 2. The third-order valence-electron chi connectivity index (χ3n) is 4.49. The van der Waals surface area contributed by atoms with Crippen LogP contribution >= 0.6 is 0 Å². The average Bonchev–Trinajstić information content (AvgIpc) is 3.03. The Balaban J connectivity index is 1.46. The fraction of sp³-hybridized carbons (Fsp3) is 0.389. The zero-order chi connectivity index (χ0) is 17.6. The minimum absolute atomic E-state index is 0.0231. The molecule has 1 saturated carbocycles. The van der Waals surface area contributed by atoms with Gasteiger partial charge in [0, 0.05) is 12.2 Å². The number of carbonyl (C=O) groups excluding carboxylic acids is 1. The van der Waals surface area contributed by atoms with E-state index in [1.54, 1.807) is 17.1 Å². The highest BCUT2D eigenvalue weighted by atomic mass is 16.4. The first-order valence-corrected chi connectivity index (χ1v) is 8.47. The quantitative estimate of drug-likeness (QED) is 0.778. The maximum Gasteiger partial charge on any atom is 0.319 e. The molecular formula is C18H22N4O3. The standard InChI is InChI=1S/C18H22N4O3/c23-17(24)14-6-8-15(9-7-14)20-18(25)21-16-10-19-22(12-16)11-13-4-2-1-3-5-13/h1-5,10,12,14-15H,6-9,11H2,(H,23,24)(H2,20,21,25). The van der Waals surface area contributed by atoms with Gasteiger partial charge in [-0.3, -0.25) is 9.48 Å². The van der Waals surface area contributed by atoms with Gasteiger partial charge in [0.1, 0.15) is 0 Å². The molecule has 1 aromatic heterocycles. The van der Waals surface area contributed by atoms with E-state index in [0.717, 1.165) is 5.56 Å². The van der Waals surface area contributed by atoms with Crippen molar-refractivity contribution in [2.24, 2.45) is 5.92 Å². The summed E-state index contributed by atoms with van der Waals surface area (Å²) in [5, 5.41) is 18.9. The van der Waals surface area contributed by atoms with E-state index in [9.17, 15) is 9.59 Å². The molecule has 7 nitrogen and oxygen atoms in total. The van der Waals surface area contributed by atoms with E-state index < -0.39 is 5.97 Å². The van der Waals surface area contributed by atoms with Crippen LogP contribution in [0.25, 0.3) is 0 Å². The van der Waals surface area contributed by atoms with Gasteiger partial charge in [0.25, 0.3) is 0 Å². The van der Waals surface area contributed by atoms with E-state index in [4.69, 9.17) is 5.11 Å². The van der Waals surface area contributed by atoms with Crippen LogP contribution in [0.3, 0.4) is 0 Å². The molecule has 0 atom stereocenters. The summed E-state index contributed by atoms with van der Waals surface area (Å²) in [5.74, 6) is -1.02. The Morgan fingerprint density at radius 3 is 2.56 bits per heavy atom. The molecule has 3 N–H and O–H groups in total. The van der Waals surface area contributed by atoms with Crippen molar-refractivity contribution in [3.8, 4) is 0 Å². The van der Waals surface area contributed by atoms with E-state index in [1.165, 1.54) is 0 Å². The number of benzene rings is 1. The lowest BCUT2D eigenvalue weighted by Crippen LogP contribution is -2.40. The summed E-state index contributed by atoms with van der Waals surface area (Å²) < 4.78 is 1.77. The van der Waals surface area contributed by atoms with Crippen LogP contribution in [-0.2, 0) is 11.3 Å². The highest BCUT2D eigenvalue weighted by molar-refractivity contribution is 5.89. The monoisotopic (exact) mass is 342 g/mol. The Bertz CT molecular complexity index is 721. The van der Waals surface area contributed by atoms with E-state index >= 15 is 0 Å². The molecular weight excluding hydrogens is 320 g/mol. The van der Waals surface area contributed by atoms with Crippen molar-refractivity contribution >= 4 is 17.7 Å². The van der Waals surface area contributed by atoms with Crippen molar-refractivity contribution in [2.45, 2.75) is 38.3 Å². The van der Waals surface area contributed by atoms with Crippen LogP contribution in [0.1, 0.15) is 31.2 Å². The van der Waals surface area contributed by atoms with Crippen molar-refractivity contribution in [3.63, 3.8) is 0 Å². The first-order valence-electron chi connectivity index (χ1n) is 8.47. The van der Waals surface area contributed by atoms with Crippen molar-refractivity contribution in [1.29, 1.82) is 0 Å². The smallest absolute Gasteiger partial charge is 0.319 e. The molecule has 0 spiro atoms. The number of anilines is 1. The first-order chi connectivity index (χ1) is 12.1. The lowest BCUT2D eigenvalue weighted by Gasteiger charge is -2.26. The molecule has 0 bridgehead atoms. The third-order valence-corrected chi connectivity index (χ3v) is 4.49. The molecule has 0 saturated heterocycles. The second kappa shape index (κ2) is 7.83. The Morgan fingerprint density at radius 2 is 1.88 bits per heavy atom. The molecule has 25 heavy (non-hydrogen) atoms. The van der Waals surface area contributed by atoms with Crippen LogP contribution in [0.4, 0.5) is 10.5 Å². The summed E-state index contributed by atoms with van der Waals surface area (Å²) in [6, 6.07) is 9.71. The minimum atomic E-state index is -0.742. The van der Waals surface area contributed by atoms with Crippen molar-refractivity contribution < 1.29 is 14.7 Å². The van der Waals surface area contributed by atoms with Gasteiger partial charge in [0.05, 0.1) is 24.3 Å². The van der Waals surface area contributed by atoms with Crippen LogP contribution < -0.4 is 10.6 Å². The molecule has 7 heteroatoms. The molecule has 2 aromatic rings. The number of carboxylic acids is 1. The first kappa shape index (κ1) is 17.0. The molecule has 1 fully saturated rings. The summed E-state index contributed by atoms with van der Waals surface area (Å²) in [6.07, 6.45) is 6.00. The number of nitrogens with one attached hydrogen (secondary N) is 2. The van der Waals surface area contributed by atoms with Gasteiger partial charge in [-0.2, -0.15) is 5.10 Å². The van der Waals surface area contributed by atoms with Crippen LogP contribution in [0.15, 0.2) is 42.7 Å². The number of carboxylic acid groups (broad SMARTS) is 1. The van der Waals surface area contributed by atoms with E-state index in [2.05, 4.69) is 15.7 Å². The lowest BCUT2D eigenvalue weighted by atomic mass is 9.86. The molecule has 1 aromatic carbocycles. The van der Waals surface area contributed by atoms with Crippen molar-refractivity contribution in [1.82, 2.24) is 15.1 Å². The Kier molecular flexibility index (Phi) is 5.33. The van der Waals surface area contributed by atoms with Gasteiger partial charge in [0.15, 0.2) is 0 Å².